The highest BCUT2D eigenvalue weighted by Crippen LogP contribution is 2.41. The molecule has 4 aromatic rings. The van der Waals surface area contributed by atoms with E-state index in [1.165, 1.54) is 11.8 Å². The van der Waals surface area contributed by atoms with Crippen molar-refractivity contribution in [2.75, 3.05) is 5.75 Å². The number of nitrogens with zero attached hydrogens (tertiary/aromatic N) is 5. The minimum absolute atomic E-state index is 0.0811. The summed E-state index contributed by atoms with van der Waals surface area (Å²) in [6, 6.07) is 19.7. The Kier molecular flexibility index (Phi) is 5.77. The van der Waals surface area contributed by atoms with Crippen molar-refractivity contribution >= 4 is 17.7 Å². The predicted molar refractivity (Wildman–Crippen MR) is 124 cm³/mol. The van der Waals surface area contributed by atoms with Gasteiger partial charge in [-0.1, -0.05) is 60.3 Å². The number of imidazole rings is 1. The van der Waals surface area contributed by atoms with E-state index in [0.717, 1.165) is 40.9 Å². The third-order valence-electron chi connectivity index (χ3n) is 5.50. The topological polar surface area (TPSA) is 77.6 Å². The van der Waals surface area contributed by atoms with Gasteiger partial charge in [0.05, 0.1) is 5.75 Å². The van der Waals surface area contributed by atoms with Gasteiger partial charge in [-0.05, 0) is 30.5 Å². The maximum absolute atomic E-state index is 13.0. The van der Waals surface area contributed by atoms with Gasteiger partial charge in [0.15, 0.2) is 5.16 Å². The van der Waals surface area contributed by atoms with Gasteiger partial charge in [-0.3, -0.25) is 9.36 Å². The number of amides is 1. The molecule has 1 amide bonds. The lowest BCUT2D eigenvalue weighted by atomic mass is 10.1. The molecular formula is C24H24N6OS. The zero-order valence-electron chi connectivity index (χ0n) is 17.8. The van der Waals surface area contributed by atoms with E-state index in [2.05, 4.69) is 25.1 Å². The van der Waals surface area contributed by atoms with Gasteiger partial charge in [0.2, 0.25) is 5.91 Å². The van der Waals surface area contributed by atoms with Gasteiger partial charge in [-0.15, -0.1) is 10.2 Å². The first-order chi connectivity index (χ1) is 15.7. The Labute approximate surface area is 190 Å². The number of carbonyl (C=O) groups excluding carboxylic acids is 1. The average Bonchev–Trinajstić information content (AvgIpc) is 3.45. The number of aryl methyl sites for hydroxylation is 1. The van der Waals surface area contributed by atoms with Crippen molar-refractivity contribution in [2.45, 2.75) is 30.0 Å². The lowest BCUT2D eigenvalue weighted by Crippen LogP contribution is -2.32. The Morgan fingerprint density at radius 1 is 1.09 bits per heavy atom. The van der Waals surface area contributed by atoms with Crippen LogP contribution in [-0.2, 0) is 11.8 Å². The summed E-state index contributed by atoms with van der Waals surface area (Å²) in [6.07, 6.45) is 5.90. The lowest BCUT2D eigenvalue weighted by Gasteiger charge is -2.19. The maximum Gasteiger partial charge on any atom is 0.231 e. The SMILES string of the molecule is Cn1ccnc1C(NC(=O)CSc1nnc(C2CC2)n1-c1ccccc1)c1ccccc1. The van der Waals surface area contributed by atoms with Crippen LogP contribution in [0.25, 0.3) is 5.69 Å². The molecule has 5 rings (SSSR count). The Balaban J connectivity index is 1.34. The highest BCUT2D eigenvalue weighted by molar-refractivity contribution is 7.99. The van der Waals surface area contributed by atoms with Crippen LogP contribution in [0.5, 0.6) is 0 Å². The fourth-order valence-electron chi connectivity index (χ4n) is 3.73. The molecule has 1 fully saturated rings. The Hall–Kier alpha value is -3.39. The number of para-hydroxylation sites is 1. The van der Waals surface area contributed by atoms with Gasteiger partial charge in [0.25, 0.3) is 0 Å². The molecule has 2 aromatic carbocycles. The summed E-state index contributed by atoms with van der Waals surface area (Å²) in [5.41, 5.74) is 2.01. The fourth-order valence-corrected chi connectivity index (χ4v) is 4.50. The largest absolute Gasteiger partial charge is 0.341 e. The molecule has 0 bridgehead atoms. The van der Waals surface area contributed by atoms with Gasteiger partial charge in [0, 0.05) is 31.0 Å². The molecule has 0 radical (unpaired) electrons. The van der Waals surface area contributed by atoms with Crippen molar-refractivity contribution in [3.05, 3.63) is 90.3 Å². The summed E-state index contributed by atoms with van der Waals surface area (Å²) in [5, 5.41) is 12.7. The Morgan fingerprint density at radius 3 is 2.47 bits per heavy atom. The van der Waals surface area contributed by atoms with Crippen LogP contribution < -0.4 is 5.32 Å². The van der Waals surface area contributed by atoms with E-state index in [9.17, 15) is 4.79 Å². The van der Waals surface area contributed by atoms with E-state index in [-0.39, 0.29) is 17.7 Å². The van der Waals surface area contributed by atoms with Crippen molar-refractivity contribution in [1.29, 1.82) is 0 Å². The molecule has 2 heterocycles. The monoisotopic (exact) mass is 444 g/mol. The van der Waals surface area contributed by atoms with E-state index in [0.29, 0.717) is 5.92 Å². The molecule has 8 heteroatoms. The number of thioether (sulfide) groups is 1. The summed E-state index contributed by atoms with van der Waals surface area (Å²) >= 11 is 1.40. The van der Waals surface area contributed by atoms with Crippen LogP contribution in [0.15, 0.2) is 78.2 Å². The maximum atomic E-state index is 13.0. The molecule has 0 saturated heterocycles. The molecule has 7 nitrogen and oxygen atoms in total. The van der Waals surface area contributed by atoms with E-state index >= 15 is 0 Å². The van der Waals surface area contributed by atoms with Gasteiger partial charge in [-0.2, -0.15) is 0 Å². The van der Waals surface area contributed by atoms with Crippen LogP contribution in [-0.4, -0.2) is 36.0 Å². The minimum atomic E-state index is -0.321. The van der Waals surface area contributed by atoms with E-state index < -0.39 is 0 Å². The van der Waals surface area contributed by atoms with E-state index in [1.54, 1.807) is 6.20 Å². The van der Waals surface area contributed by atoms with Crippen molar-refractivity contribution < 1.29 is 4.79 Å². The molecule has 0 aliphatic heterocycles. The van der Waals surface area contributed by atoms with E-state index in [4.69, 9.17) is 0 Å². The number of rotatable bonds is 8. The van der Waals surface area contributed by atoms with Crippen LogP contribution in [0.4, 0.5) is 0 Å². The highest BCUT2D eigenvalue weighted by atomic mass is 32.2. The molecule has 2 aromatic heterocycles. The number of aromatic nitrogens is 5. The molecule has 1 atom stereocenters. The molecular weight excluding hydrogens is 420 g/mol. The number of hydrogen-bond acceptors (Lipinski definition) is 5. The van der Waals surface area contributed by atoms with Crippen molar-refractivity contribution in [3.8, 4) is 5.69 Å². The smallest absolute Gasteiger partial charge is 0.231 e. The molecule has 0 spiro atoms. The van der Waals surface area contributed by atoms with Crippen LogP contribution in [0.2, 0.25) is 0 Å². The van der Waals surface area contributed by atoms with Crippen LogP contribution in [0.1, 0.15) is 42.0 Å². The van der Waals surface area contributed by atoms with Crippen molar-refractivity contribution in [2.24, 2.45) is 7.05 Å². The lowest BCUT2D eigenvalue weighted by molar-refractivity contribution is -0.119. The second-order valence-electron chi connectivity index (χ2n) is 7.88. The van der Waals surface area contributed by atoms with Crippen LogP contribution in [0, 0.1) is 0 Å². The zero-order chi connectivity index (χ0) is 21.9. The molecule has 162 valence electrons. The molecule has 1 N–H and O–H groups in total. The van der Waals surface area contributed by atoms with Crippen LogP contribution >= 0.6 is 11.8 Å². The molecule has 1 unspecified atom stereocenters. The van der Waals surface area contributed by atoms with Gasteiger partial charge in [-0.25, -0.2) is 4.98 Å². The van der Waals surface area contributed by atoms with E-state index in [1.807, 2.05) is 78.5 Å². The standard InChI is InChI=1S/C24H24N6OS/c1-29-15-14-25-23(29)21(17-8-4-2-5-9-17)26-20(31)16-32-24-28-27-22(18-12-13-18)30(24)19-10-6-3-7-11-19/h2-11,14-15,18,21H,12-13,16H2,1H3,(H,26,31). The second-order valence-corrected chi connectivity index (χ2v) is 8.82. The number of nitrogens with one attached hydrogen (secondary N) is 1. The predicted octanol–water partition coefficient (Wildman–Crippen LogP) is 3.88. The average molecular weight is 445 g/mol. The highest BCUT2D eigenvalue weighted by Gasteiger charge is 2.31. The molecule has 1 aliphatic carbocycles. The van der Waals surface area contributed by atoms with Gasteiger partial charge in [0.1, 0.15) is 17.7 Å². The first kappa shape index (κ1) is 20.5. The zero-order valence-corrected chi connectivity index (χ0v) is 18.6. The normalized spacial score (nSPS) is 14.3. The Bertz CT molecular complexity index is 1200. The third kappa shape index (κ3) is 4.31. The fraction of sp³-hybridized carbons (Fsp3) is 0.250. The minimum Gasteiger partial charge on any atom is -0.341 e. The van der Waals surface area contributed by atoms with Crippen molar-refractivity contribution in [3.63, 3.8) is 0 Å². The quantitative estimate of drug-likeness (QED) is 0.418. The Morgan fingerprint density at radius 2 is 1.81 bits per heavy atom. The number of carbonyl (C=O) groups is 1. The molecule has 32 heavy (non-hydrogen) atoms. The number of hydrogen-bond donors (Lipinski definition) is 1. The first-order valence-corrected chi connectivity index (χ1v) is 11.6. The molecule has 1 saturated carbocycles. The second kappa shape index (κ2) is 9.00. The van der Waals surface area contributed by atoms with Crippen molar-refractivity contribution in [1.82, 2.24) is 29.6 Å². The number of benzene rings is 2. The summed E-state index contributed by atoms with van der Waals surface area (Å²) in [5.74, 6) is 2.38. The summed E-state index contributed by atoms with van der Waals surface area (Å²) < 4.78 is 4.02. The summed E-state index contributed by atoms with van der Waals surface area (Å²) in [6.45, 7) is 0. The van der Waals surface area contributed by atoms with Crippen LogP contribution in [0.3, 0.4) is 0 Å². The summed E-state index contributed by atoms with van der Waals surface area (Å²) in [7, 11) is 1.93. The van der Waals surface area contributed by atoms with Gasteiger partial charge < -0.3 is 9.88 Å². The summed E-state index contributed by atoms with van der Waals surface area (Å²) in [4.78, 5) is 17.4. The third-order valence-corrected chi connectivity index (χ3v) is 6.43. The van der Waals surface area contributed by atoms with Gasteiger partial charge >= 0.3 is 0 Å². The molecule has 1 aliphatic rings. The first-order valence-electron chi connectivity index (χ1n) is 10.7.